The molecule has 0 spiro atoms. The van der Waals surface area contributed by atoms with Crippen molar-refractivity contribution in [3.05, 3.63) is 87.0 Å². The quantitative estimate of drug-likeness (QED) is 0.510. The molecule has 26 heavy (non-hydrogen) atoms. The Morgan fingerprint density at radius 3 is 2.27 bits per heavy atom. The molecule has 0 aliphatic rings. The smallest absolute Gasteiger partial charge is 0.269 e. The number of rotatable bonds is 6. The summed E-state index contributed by atoms with van der Waals surface area (Å²) in [7, 11) is 0. The van der Waals surface area contributed by atoms with Crippen molar-refractivity contribution in [1.82, 2.24) is 5.32 Å². The van der Waals surface area contributed by atoms with E-state index in [1.54, 1.807) is 12.1 Å². The van der Waals surface area contributed by atoms with Gasteiger partial charge in [-0.05, 0) is 68.5 Å². The van der Waals surface area contributed by atoms with Crippen LogP contribution in [0, 0.1) is 17.0 Å². The second-order valence-electron chi connectivity index (χ2n) is 6.85. The number of allylic oxidation sites excluding steroid dienone is 2. The molecule has 0 bridgehead atoms. The van der Waals surface area contributed by atoms with Crippen LogP contribution in [0.4, 0.5) is 5.69 Å². The number of nitrogens with one attached hydrogen (secondary N) is 1. The Hall–Kier alpha value is -2.88. The molecule has 4 heteroatoms. The van der Waals surface area contributed by atoms with Crippen LogP contribution in [0.5, 0.6) is 0 Å². The lowest BCUT2D eigenvalue weighted by molar-refractivity contribution is -0.384. The molecule has 136 valence electrons. The van der Waals surface area contributed by atoms with Crippen molar-refractivity contribution in [1.29, 1.82) is 0 Å². The molecule has 2 aromatic carbocycles. The van der Waals surface area contributed by atoms with E-state index in [4.69, 9.17) is 0 Å². The molecular weight excluding hydrogens is 324 g/mol. The molecule has 4 nitrogen and oxygen atoms in total. The number of nitro benzene ring substituents is 1. The molecule has 0 heterocycles. The summed E-state index contributed by atoms with van der Waals surface area (Å²) in [5, 5.41) is 14.2. The molecule has 0 aliphatic heterocycles. The van der Waals surface area contributed by atoms with Crippen molar-refractivity contribution in [3.63, 3.8) is 0 Å². The first-order chi connectivity index (χ1) is 12.2. The lowest BCUT2D eigenvalue weighted by Gasteiger charge is -2.19. The number of aryl methyl sites for hydroxylation is 1. The molecule has 0 amide bonds. The summed E-state index contributed by atoms with van der Waals surface area (Å²) in [6.07, 6.45) is 0. The number of benzene rings is 2. The average molecular weight is 350 g/mol. The second-order valence-corrected chi connectivity index (χ2v) is 6.85. The van der Waals surface area contributed by atoms with E-state index < -0.39 is 0 Å². The van der Waals surface area contributed by atoms with E-state index in [0.29, 0.717) is 0 Å². The maximum absolute atomic E-state index is 10.8. The van der Waals surface area contributed by atoms with Crippen molar-refractivity contribution < 1.29 is 4.92 Å². The molecule has 0 radical (unpaired) electrons. The third-order valence-electron chi connectivity index (χ3n) is 4.73. The number of nitro groups is 1. The van der Waals surface area contributed by atoms with E-state index in [1.165, 1.54) is 34.4 Å². The van der Waals surface area contributed by atoms with Gasteiger partial charge in [-0.3, -0.25) is 10.1 Å². The van der Waals surface area contributed by atoms with Crippen LogP contribution >= 0.6 is 0 Å². The summed E-state index contributed by atoms with van der Waals surface area (Å²) < 4.78 is 0. The molecular formula is C22H26N2O2. The van der Waals surface area contributed by atoms with Crippen LogP contribution in [0.25, 0.3) is 11.3 Å². The molecule has 1 atom stereocenters. The molecule has 0 fully saturated rings. The largest absolute Gasteiger partial charge is 0.379 e. The monoisotopic (exact) mass is 350 g/mol. The highest BCUT2D eigenvalue weighted by molar-refractivity contribution is 5.73. The van der Waals surface area contributed by atoms with Crippen molar-refractivity contribution in [3.8, 4) is 0 Å². The zero-order valence-electron chi connectivity index (χ0n) is 16.1. The lowest BCUT2D eigenvalue weighted by atomic mass is 9.95. The van der Waals surface area contributed by atoms with E-state index >= 15 is 0 Å². The van der Waals surface area contributed by atoms with Crippen molar-refractivity contribution >= 4 is 17.0 Å². The fourth-order valence-electron chi connectivity index (χ4n) is 2.80. The van der Waals surface area contributed by atoms with Crippen LogP contribution < -0.4 is 5.32 Å². The van der Waals surface area contributed by atoms with Gasteiger partial charge in [0.15, 0.2) is 0 Å². The maximum Gasteiger partial charge on any atom is 0.269 e. The zero-order valence-corrected chi connectivity index (χ0v) is 16.1. The first kappa shape index (κ1) is 19.4. The summed E-state index contributed by atoms with van der Waals surface area (Å²) >= 11 is 0. The van der Waals surface area contributed by atoms with Crippen molar-refractivity contribution in [2.45, 2.75) is 40.7 Å². The topological polar surface area (TPSA) is 55.2 Å². The Bertz CT molecular complexity index is 860. The molecule has 0 saturated carbocycles. The van der Waals surface area contributed by atoms with Gasteiger partial charge >= 0.3 is 0 Å². The Balaban J connectivity index is 2.20. The number of hydrogen-bond donors (Lipinski definition) is 1. The van der Waals surface area contributed by atoms with Crippen LogP contribution in [0.15, 0.2) is 54.6 Å². The average Bonchev–Trinajstić information content (AvgIpc) is 2.61. The highest BCUT2D eigenvalue weighted by atomic mass is 16.6. The van der Waals surface area contributed by atoms with Gasteiger partial charge in [0.2, 0.25) is 0 Å². The van der Waals surface area contributed by atoms with Crippen LogP contribution in [0.2, 0.25) is 0 Å². The van der Waals surface area contributed by atoms with Crippen LogP contribution in [-0.2, 0) is 0 Å². The van der Waals surface area contributed by atoms with E-state index in [0.717, 1.165) is 16.8 Å². The molecule has 2 rings (SSSR count). The Labute approximate surface area is 155 Å². The molecule has 0 unspecified atom stereocenters. The zero-order chi connectivity index (χ0) is 19.4. The third kappa shape index (κ3) is 4.39. The van der Waals surface area contributed by atoms with Gasteiger partial charge in [-0.1, -0.05) is 36.4 Å². The van der Waals surface area contributed by atoms with E-state index in [2.05, 4.69) is 57.8 Å². The summed E-state index contributed by atoms with van der Waals surface area (Å²) in [4.78, 5) is 10.4. The Kier molecular flexibility index (Phi) is 5.98. The summed E-state index contributed by atoms with van der Waals surface area (Å²) in [5.41, 5.74) is 7.99. The minimum atomic E-state index is -0.389. The number of hydrogen-bond acceptors (Lipinski definition) is 3. The van der Waals surface area contributed by atoms with E-state index in [1.807, 2.05) is 6.92 Å². The van der Waals surface area contributed by atoms with Gasteiger partial charge in [0.05, 0.1) is 4.92 Å². The minimum absolute atomic E-state index is 0.00222. The minimum Gasteiger partial charge on any atom is -0.379 e. The summed E-state index contributed by atoms with van der Waals surface area (Å²) in [6.45, 7) is 14.7. The van der Waals surface area contributed by atoms with E-state index in [9.17, 15) is 10.1 Å². The Morgan fingerprint density at radius 2 is 1.73 bits per heavy atom. The van der Waals surface area contributed by atoms with Crippen molar-refractivity contribution in [2.75, 3.05) is 0 Å². The number of nitrogens with zero attached hydrogens (tertiary/aromatic N) is 1. The van der Waals surface area contributed by atoms with Gasteiger partial charge in [0.25, 0.3) is 5.69 Å². The third-order valence-corrected chi connectivity index (χ3v) is 4.73. The number of non-ortho nitro benzene ring substituents is 1. The predicted molar refractivity (Wildman–Crippen MR) is 109 cm³/mol. The van der Waals surface area contributed by atoms with Crippen LogP contribution in [0.3, 0.4) is 0 Å². The van der Waals surface area contributed by atoms with E-state index in [-0.39, 0.29) is 16.7 Å². The molecule has 0 saturated heterocycles. The fourth-order valence-corrected chi connectivity index (χ4v) is 2.80. The van der Waals surface area contributed by atoms with Crippen LogP contribution in [-0.4, -0.2) is 4.92 Å². The van der Waals surface area contributed by atoms with Crippen molar-refractivity contribution in [2.24, 2.45) is 0 Å². The molecule has 1 N–H and O–H groups in total. The molecule has 0 aromatic heterocycles. The first-order valence-electron chi connectivity index (χ1n) is 8.66. The second kappa shape index (κ2) is 8.00. The van der Waals surface area contributed by atoms with Gasteiger partial charge in [0, 0.05) is 23.9 Å². The van der Waals surface area contributed by atoms with Gasteiger partial charge in [0.1, 0.15) is 0 Å². The first-order valence-corrected chi connectivity index (χ1v) is 8.66. The predicted octanol–water partition coefficient (Wildman–Crippen LogP) is 6.04. The van der Waals surface area contributed by atoms with Gasteiger partial charge in [-0.25, -0.2) is 0 Å². The molecule has 2 aromatic rings. The fraction of sp³-hybridized carbons (Fsp3) is 0.273. The highest BCUT2D eigenvalue weighted by Gasteiger charge is 2.11. The van der Waals surface area contributed by atoms with Crippen LogP contribution in [0.1, 0.15) is 56.0 Å². The molecule has 0 aliphatic carbocycles. The van der Waals surface area contributed by atoms with Gasteiger partial charge in [-0.2, -0.15) is 0 Å². The Morgan fingerprint density at radius 1 is 1.12 bits per heavy atom. The highest BCUT2D eigenvalue weighted by Crippen LogP contribution is 2.26. The SMILES string of the molecule is C=C(N[C@H](C)c1ccc([N+](=O)[O-])cc1)c1ccc(C)c(C(C)=C(C)C)c1. The standard InChI is InChI=1S/C22H26N2O2/c1-14(2)16(4)22-13-20(8-7-15(22)3)18(6)23-17(5)19-9-11-21(12-10-19)24(25)26/h7-13,17,23H,6H2,1-5H3/t17-/m1/s1. The van der Waals surface area contributed by atoms with Gasteiger partial charge in [-0.15, -0.1) is 0 Å². The summed E-state index contributed by atoms with van der Waals surface area (Å²) in [5.74, 6) is 0. The summed E-state index contributed by atoms with van der Waals surface area (Å²) in [6, 6.07) is 12.9. The lowest BCUT2D eigenvalue weighted by Crippen LogP contribution is -2.16. The normalized spacial score (nSPS) is 11.6. The van der Waals surface area contributed by atoms with Gasteiger partial charge < -0.3 is 5.32 Å². The maximum atomic E-state index is 10.8.